The second kappa shape index (κ2) is 7.39. The molecule has 2 N–H and O–H groups in total. The molecule has 0 radical (unpaired) electrons. The van der Waals surface area contributed by atoms with Crippen molar-refractivity contribution in [1.82, 2.24) is 9.62 Å². The Morgan fingerprint density at radius 3 is 2.42 bits per heavy atom. The Kier molecular flexibility index (Phi) is 5.44. The molecule has 1 aliphatic heterocycles. The summed E-state index contributed by atoms with van der Waals surface area (Å²) in [4.78, 5) is 2.50. The highest BCUT2D eigenvalue weighted by Gasteiger charge is 2.38. The van der Waals surface area contributed by atoms with Crippen LogP contribution in [0.5, 0.6) is 5.75 Å². The van der Waals surface area contributed by atoms with Crippen LogP contribution in [0, 0.1) is 0 Å². The van der Waals surface area contributed by atoms with E-state index in [9.17, 15) is 13.5 Å². The Labute approximate surface area is 143 Å². The predicted molar refractivity (Wildman–Crippen MR) is 91.6 cm³/mol. The molecular weight excluding hydrogens is 328 g/mol. The Morgan fingerprint density at radius 1 is 1.12 bits per heavy atom. The van der Waals surface area contributed by atoms with Crippen LogP contribution in [-0.2, 0) is 10.0 Å². The third-order valence-corrected chi connectivity index (χ3v) is 6.61. The highest BCUT2D eigenvalue weighted by atomic mass is 32.2. The third-order valence-electron chi connectivity index (χ3n) is 5.11. The van der Waals surface area contributed by atoms with Crippen molar-refractivity contribution in [2.24, 2.45) is 0 Å². The lowest BCUT2D eigenvalue weighted by Gasteiger charge is -2.39. The predicted octanol–water partition coefficient (Wildman–Crippen LogP) is 1.35. The summed E-state index contributed by atoms with van der Waals surface area (Å²) in [6, 6.07) is 5.92. The van der Waals surface area contributed by atoms with E-state index in [1.807, 2.05) is 0 Å². The van der Waals surface area contributed by atoms with Gasteiger partial charge in [-0.05, 0) is 63.0 Å². The smallest absolute Gasteiger partial charge is 0.240 e. The number of aliphatic hydroxyl groups is 1. The van der Waals surface area contributed by atoms with Crippen molar-refractivity contribution in [3.05, 3.63) is 24.3 Å². The van der Waals surface area contributed by atoms with Crippen molar-refractivity contribution in [1.29, 1.82) is 0 Å². The van der Waals surface area contributed by atoms with Crippen LogP contribution in [0.3, 0.4) is 0 Å². The number of nitrogens with zero attached hydrogens (tertiary/aromatic N) is 1. The molecule has 3 rings (SSSR count). The summed E-state index contributed by atoms with van der Waals surface area (Å²) in [6.07, 6.45) is 4.18. The van der Waals surface area contributed by atoms with Crippen LogP contribution in [0.1, 0.15) is 32.1 Å². The first-order valence-electron chi connectivity index (χ1n) is 8.60. The van der Waals surface area contributed by atoms with Gasteiger partial charge in [0.05, 0.1) is 18.1 Å². The molecule has 3 atom stereocenters. The van der Waals surface area contributed by atoms with E-state index >= 15 is 0 Å². The number of rotatable bonds is 5. The largest absolute Gasteiger partial charge is 0.497 e. The maximum Gasteiger partial charge on any atom is 0.240 e. The summed E-state index contributed by atoms with van der Waals surface area (Å²) >= 11 is 0. The zero-order chi connectivity index (χ0) is 17.2. The van der Waals surface area contributed by atoms with Crippen LogP contribution in [0.25, 0.3) is 0 Å². The van der Waals surface area contributed by atoms with Gasteiger partial charge in [-0.15, -0.1) is 0 Å². The molecule has 0 aromatic heterocycles. The molecule has 1 heterocycles. The van der Waals surface area contributed by atoms with E-state index in [0.29, 0.717) is 12.2 Å². The zero-order valence-corrected chi connectivity index (χ0v) is 14.8. The van der Waals surface area contributed by atoms with Gasteiger partial charge in [-0.25, -0.2) is 13.1 Å². The van der Waals surface area contributed by atoms with Crippen LogP contribution < -0.4 is 9.46 Å². The SMILES string of the molecule is COc1ccc(S(=O)(=O)N[C@@H]2CCC[C@@H](N3CCCC3)[C@@H]2O)cc1. The van der Waals surface area contributed by atoms with Gasteiger partial charge in [0.1, 0.15) is 5.75 Å². The van der Waals surface area contributed by atoms with E-state index in [0.717, 1.165) is 38.8 Å². The molecule has 1 aromatic carbocycles. The molecule has 1 saturated carbocycles. The lowest BCUT2D eigenvalue weighted by atomic mass is 9.88. The van der Waals surface area contributed by atoms with Crippen LogP contribution in [-0.4, -0.2) is 56.8 Å². The average Bonchev–Trinajstić information content (AvgIpc) is 3.11. The number of aliphatic hydroxyl groups excluding tert-OH is 1. The molecule has 1 aromatic rings. The summed E-state index contributed by atoms with van der Waals surface area (Å²) in [5.41, 5.74) is 0. The molecule has 6 nitrogen and oxygen atoms in total. The van der Waals surface area contributed by atoms with Gasteiger partial charge in [-0.2, -0.15) is 0 Å². The van der Waals surface area contributed by atoms with E-state index in [1.165, 1.54) is 12.1 Å². The van der Waals surface area contributed by atoms with Crippen molar-refractivity contribution in [3.8, 4) is 5.75 Å². The molecule has 0 spiro atoms. The van der Waals surface area contributed by atoms with Gasteiger partial charge in [0.25, 0.3) is 0 Å². The number of nitrogens with one attached hydrogen (secondary N) is 1. The summed E-state index contributed by atoms with van der Waals surface area (Å²) in [5.74, 6) is 0.612. The Morgan fingerprint density at radius 2 is 1.79 bits per heavy atom. The summed E-state index contributed by atoms with van der Waals surface area (Å²) in [7, 11) is -2.11. The molecule has 0 amide bonds. The van der Waals surface area contributed by atoms with Gasteiger partial charge in [0.2, 0.25) is 10.0 Å². The molecule has 134 valence electrons. The van der Waals surface area contributed by atoms with Gasteiger partial charge in [0.15, 0.2) is 0 Å². The average molecular weight is 354 g/mol. The molecule has 2 fully saturated rings. The van der Waals surface area contributed by atoms with E-state index in [4.69, 9.17) is 4.74 Å². The molecule has 0 unspecified atom stereocenters. The molecule has 1 saturated heterocycles. The van der Waals surface area contributed by atoms with Crippen molar-refractivity contribution >= 4 is 10.0 Å². The molecule has 7 heteroatoms. The Balaban J connectivity index is 1.70. The number of methoxy groups -OCH3 is 1. The molecule has 0 bridgehead atoms. The first-order valence-corrected chi connectivity index (χ1v) is 10.1. The van der Waals surface area contributed by atoms with Crippen molar-refractivity contribution in [2.45, 2.75) is 55.2 Å². The van der Waals surface area contributed by atoms with Crippen molar-refractivity contribution in [3.63, 3.8) is 0 Å². The summed E-state index contributed by atoms with van der Waals surface area (Å²) < 4.78 is 33.0. The second-order valence-electron chi connectivity index (χ2n) is 6.64. The minimum Gasteiger partial charge on any atom is -0.497 e. The van der Waals surface area contributed by atoms with Gasteiger partial charge >= 0.3 is 0 Å². The second-order valence-corrected chi connectivity index (χ2v) is 8.35. The molecule has 24 heavy (non-hydrogen) atoms. The topological polar surface area (TPSA) is 78.9 Å². The van der Waals surface area contributed by atoms with Crippen molar-refractivity contribution in [2.75, 3.05) is 20.2 Å². The van der Waals surface area contributed by atoms with Crippen LogP contribution >= 0.6 is 0 Å². The fraction of sp³-hybridized carbons (Fsp3) is 0.647. The van der Waals surface area contributed by atoms with E-state index in [2.05, 4.69) is 9.62 Å². The third kappa shape index (κ3) is 3.74. The van der Waals surface area contributed by atoms with E-state index in [-0.39, 0.29) is 10.9 Å². The highest BCUT2D eigenvalue weighted by Crippen LogP contribution is 2.27. The Hall–Kier alpha value is -1.15. The summed E-state index contributed by atoms with van der Waals surface area (Å²) in [6.45, 7) is 2.00. The molecular formula is C17H26N2O4S. The number of benzene rings is 1. The van der Waals surface area contributed by atoms with Crippen LogP contribution in [0.4, 0.5) is 0 Å². The lowest BCUT2D eigenvalue weighted by molar-refractivity contribution is 0.0127. The first-order chi connectivity index (χ1) is 11.5. The maximum absolute atomic E-state index is 12.6. The lowest BCUT2D eigenvalue weighted by Crippen LogP contribution is -2.56. The maximum atomic E-state index is 12.6. The monoisotopic (exact) mass is 354 g/mol. The number of hydrogen-bond donors (Lipinski definition) is 2. The summed E-state index contributed by atoms with van der Waals surface area (Å²) in [5, 5.41) is 10.7. The fourth-order valence-corrected chi connectivity index (χ4v) is 5.07. The minimum absolute atomic E-state index is 0.0600. The van der Waals surface area contributed by atoms with Crippen LogP contribution in [0.2, 0.25) is 0 Å². The quantitative estimate of drug-likeness (QED) is 0.834. The standard InChI is InChI=1S/C17H26N2O4S/c1-23-13-7-9-14(10-8-13)24(21,22)18-15-5-4-6-16(17(15)20)19-11-2-3-12-19/h7-10,15-18,20H,2-6,11-12H2,1H3/t15-,16-,17-/m1/s1. The van der Waals surface area contributed by atoms with E-state index in [1.54, 1.807) is 19.2 Å². The first kappa shape index (κ1) is 17.7. The number of ether oxygens (including phenoxy) is 1. The van der Waals surface area contributed by atoms with E-state index < -0.39 is 22.2 Å². The van der Waals surface area contributed by atoms with Crippen LogP contribution in [0.15, 0.2) is 29.2 Å². The Bertz CT molecular complexity index is 641. The van der Waals surface area contributed by atoms with Gasteiger partial charge in [-0.3, -0.25) is 4.90 Å². The van der Waals surface area contributed by atoms with Crippen molar-refractivity contribution < 1.29 is 18.3 Å². The minimum atomic E-state index is -3.65. The van der Waals surface area contributed by atoms with Gasteiger partial charge in [0, 0.05) is 12.1 Å². The normalized spacial score (nSPS) is 28.8. The number of likely N-dealkylation sites (tertiary alicyclic amines) is 1. The highest BCUT2D eigenvalue weighted by molar-refractivity contribution is 7.89. The van der Waals surface area contributed by atoms with Gasteiger partial charge in [-0.1, -0.05) is 6.42 Å². The fourth-order valence-electron chi connectivity index (χ4n) is 3.78. The number of hydrogen-bond acceptors (Lipinski definition) is 5. The molecule has 2 aliphatic rings. The zero-order valence-electron chi connectivity index (χ0n) is 14.0. The molecule has 1 aliphatic carbocycles. The van der Waals surface area contributed by atoms with Gasteiger partial charge < -0.3 is 9.84 Å². The number of sulfonamides is 1.